The van der Waals surface area contributed by atoms with E-state index in [4.69, 9.17) is 15.2 Å². The van der Waals surface area contributed by atoms with E-state index in [9.17, 15) is 10.1 Å². The first-order valence-corrected chi connectivity index (χ1v) is 13.5. The lowest BCUT2D eigenvalue weighted by Gasteiger charge is -2.17. The number of nitrogens with two attached hydrogens (primary N) is 1. The fraction of sp³-hybridized carbons (Fsp3) is 0.290. The van der Waals surface area contributed by atoms with Crippen LogP contribution in [0.25, 0.3) is 22.2 Å². The summed E-state index contributed by atoms with van der Waals surface area (Å²) in [5.74, 6) is 1.66. The van der Waals surface area contributed by atoms with Crippen LogP contribution in [0.2, 0.25) is 0 Å². The van der Waals surface area contributed by atoms with Gasteiger partial charge in [0.2, 0.25) is 5.91 Å². The Morgan fingerprint density at radius 3 is 2.66 bits per heavy atom. The van der Waals surface area contributed by atoms with Gasteiger partial charge in [0.05, 0.1) is 18.0 Å². The normalized spacial score (nSPS) is 15.2. The number of hydrogen-bond donors (Lipinski definition) is 1. The van der Waals surface area contributed by atoms with E-state index in [2.05, 4.69) is 20.9 Å². The van der Waals surface area contributed by atoms with E-state index in [1.165, 1.54) is 6.33 Å². The largest absolute Gasteiger partial charge is 0.457 e. The number of benzene rings is 2. The molecule has 2 N–H and O–H groups in total. The van der Waals surface area contributed by atoms with Gasteiger partial charge in [0, 0.05) is 44.9 Å². The second-order valence-electron chi connectivity index (χ2n) is 9.99. The second-order valence-corrected chi connectivity index (χ2v) is 9.99. The molecule has 5 rings (SSSR count). The summed E-state index contributed by atoms with van der Waals surface area (Å²) in [6, 6.07) is 19.3. The zero-order chi connectivity index (χ0) is 28.8. The predicted octanol–water partition coefficient (Wildman–Crippen LogP) is 4.25. The number of carbonyl (C=O) groups excluding carboxylic acids is 1. The van der Waals surface area contributed by atoms with Gasteiger partial charge in [0.25, 0.3) is 0 Å². The Kier molecular flexibility index (Phi) is 8.58. The zero-order valence-corrected chi connectivity index (χ0v) is 23.2. The van der Waals surface area contributed by atoms with E-state index in [1.54, 1.807) is 13.2 Å². The van der Waals surface area contributed by atoms with E-state index >= 15 is 0 Å². The smallest absolute Gasteiger partial charge is 0.246 e. The summed E-state index contributed by atoms with van der Waals surface area (Å²) >= 11 is 0. The molecule has 4 aromatic rings. The Bertz CT molecular complexity index is 1580. The molecule has 1 amide bonds. The lowest BCUT2D eigenvalue weighted by molar-refractivity contribution is -0.125. The third-order valence-electron chi connectivity index (χ3n) is 7.24. The van der Waals surface area contributed by atoms with Gasteiger partial charge in [-0.3, -0.25) is 4.79 Å². The molecule has 0 bridgehead atoms. The Morgan fingerprint density at radius 1 is 1.17 bits per heavy atom. The number of aromatic nitrogens is 3. The number of hydrogen-bond acceptors (Lipinski definition) is 8. The minimum Gasteiger partial charge on any atom is -0.457 e. The average molecular weight is 552 g/mol. The standard InChI is InChI=1S/C31H33N7O3/c1-36(17-18-40-2)15-6-9-27(39)37-16-14-23(20-37)38-26(19-32)28(29-30(33)34-21-35-31(29)38)22-10-12-25(13-11-22)41-24-7-4-3-5-8-24/h3-13,21,23H,14-18,20H2,1-2H3,(H2,33,34,35)/b9-6+. The highest BCUT2D eigenvalue weighted by atomic mass is 16.5. The van der Waals surface area contributed by atoms with E-state index < -0.39 is 0 Å². The van der Waals surface area contributed by atoms with Gasteiger partial charge in [-0.25, -0.2) is 9.97 Å². The van der Waals surface area contributed by atoms with Crippen molar-refractivity contribution < 1.29 is 14.3 Å². The number of para-hydroxylation sites is 1. The number of ether oxygens (including phenoxy) is 2. The van der Waals surface area contributed by atoms with Gasteiger partial charge in [-0.1, -0.05) is 36.4 Å². The molecule has 2 aromatic carbocycles. The molecule has 1 saturated heterocycles. The molecule has 0 spiro atoms. The van der Waals surface area contributed by atoms with E-state index in [-0.39, 0.29) is 11.9 Å². The molecule has 0 radical (unpaired) electrons. The number of nitrogens with zero attached hydrogens (tertiary/aromatic N) is 6. The van der Waals surface area contributed by atoms with Crippen LogP contribution in [0.3, 0.4) is 0 Å². The van der Waals surface area contributed by atoms with Gasteiger partial charge in [-0.2, -0.15) is 5.26 Å². The lowest BCUT2D eigenvalue weighted by atomic mass is 10.0. The van der Waals surface area contributed by atoms with Crippen molar-refractivity contribution in [2.24, 2.45) is 0 Å². The van der Waals surface area contributed by atoms with E-state index in [0.717, 1.165) is 17.9 Å². The number of likely N-dealkylation sites (tertiary alicyclic amines) is 1. The topological polar surface area (TPSA) is 123 Å². The molecular formula is C31H33N7O3. The number of methoxy groups -OCH3 is 1. The number of amides is 1. The van der Waals surface area contributed by atoms with Crippen molar-refractivity contribution in [2.75, 3.05) is 52.7 Å². The first-order valence-electron chi connectivity index (χ1n) is 13.5. The molecule has 210 valence electrons. The zero-order valence-electron chi connectivity index (χ0n) is 23.2. The summed E-state index contributed by atoms with van der Waals surface area (Å²) in [6.45, 7) is 3.13. The molecule has 0 saturated carbocycles. The SMILES string of the molecule is COCCN(C)C/C=C/C(=O)N1CCC(n2c(C#N)c(-c3ccc(Oc4ccccc4)cc3)c3c(N)ncnc32)C1. The van der Waals surface area contributed by atoms with E-state index in [0.29, 0.717) is 66.5 Å². The monoisotopic (exact) mass is 551 g/mol. The highest BCUT2D eigenvalue weighted by Gasteiger charge is 2.32. The van der Waals surface area contributed by atoms with Crippen LogP contribution < -0.4 is 10.5 Å². The number of carbonyl (C=O) groups is 1. The molecule has 1 atom stereocenters. The van der Waals surface area contributed by atoms with Gasteiger partial charge >= 0.3 is 0 Å². The number of anilines is 1. The van der Waals surface area contributed by atoms with Crippen molar-refractivity contribution in [1.82, 2.24) is 24.3 Å². The fourth-order valence-corrected chi connectivity index (χ4v) is 5.15. The highest BCUT2D eigenvalue weighted by molar-refractivity contribution is 6.03. The number of rotatable bonds is 10. The summed E-state index contributed by atoms with van der Waals surface area (Å²) in [5, 5.41) is 11.0. The second kappa shape index (κ2) is 12.6. The first kappa shape index (κ1) is 27.8. The molecule has 10 nitrogen and oxygen atoms in total. The van der Waals surface area contributed by atoms with Crippen LogP contribution in [0.5, 0.6) is 11.5 Å². The van der Waals surface area contributed by atoms with Gasteiger partial charge in [-0.05, 0) is 43.3 Å². The van der Waals surface area contributed by atoms with Crippen molar-refractivity contribution in [2.45, 2.75) is 12.5 Å². The Labute approximate surface area is 239 Å². The number of nitriles is 1. The van der Waals surface area contributed by atoms with Crippen LogP contribution in [0.15, 0.2) is 73.1 Å². The molecule has 2 aromatic heterocycles. The third kappa shape index (κ3) is 6.06. The van der Waals surface area contributed by atoms with Crippen LogP contribution in [0, 0.1) is 11.3 Å². The lowest BCUT2D eigenvalue weighted by Crippen LogP contribution is -2.28. The average Bonchev–Trinajstić information content (AvgIpc) is 3.60. The molecule has 0 aliphatic carbocycles. The minimum absolute atomic E-state index is 0.0500. The van der Waals surface area contributed by atoms with Gasteiger partial charge in [0.1, 0.15) is 41.1 Å². The summed E-state index contributed by atoms with van der Waals surface area (Å²) in [5.41, 5.74) is 8.87. The van der Waals surface area contributed by atoms with Crippen molar-refractivity contribution >= 4 is 22.8 Å². The van der Waals surface area contributed by atoms with Gasteiger partial charge < -0.3 is 29.6 Å². The third-order valence-corrected chi connectivity index (χ3v) is 7.24. The molecule has 10 heteroatoms. The number of nitrogen functional groups attached to an aromatic ring is 1. The van der Waals surface area contributed by atoms with Crippen LogP contribution in [0.1, 0.15) is 18.2 Å². The number of likely N-dealkylation sites (N-methyl/N-ethyl adjacent to an activating group) is 1. The summed E-state index contributed by atoms with van der Waals surface area (Å²) in [6.07, 6.45) is 5.60. The quantitative estimate of drug-likeness (QED) is 0.290. The summed E-state index contributed by atoms with van der Waals surface area (Å²) in [4.78, 5) is 25.6. The highest BCUT2D eigenvalue weighted by Crippen LogP contribution is 2.40. The fourth-order valence-electron chi connectivity index (χ4n) is 5.15. The molecule has 41 heavy (non-hydrogen) atoms. The maximum atomic E-state index is 12.9. The molecule has 1 aliphatic rings. The Morgan fingerprint density at radius 2 is 1.93 bits per heavy atom. The van der Waals surface area contributed by atoms with Crippen LogP contribution in [0.4, 0.5) is 5.82 Å². The van der Waals surface area contributed by atoms with Crippen LogP contribution in [-0.2, 0) is 9.53 Å². The van der Waals surface area contributed by atoms with E-state index in [1.807, 2.05) is 77.2 Å². The van der Waals surface area contributed by atoms with Gasteiger partial charge in [0.15, 0.2) is 0 Å². The molecule has 3 heterocycles. The molecule has 1 aliphatic heterocycles. The predicted molar refractivity (Wildman–Crippen MR) is 157 cm³/mol. The first-order chi connectivity index (χ1) is 20.0. The van der Waals surface area contributed by atoms with Crippen molar-refractivity contribution in [3.05, 3.63) is 78.8 Å². The van der Waals surface area contributed by atoms with Crippen molar-refractivity contribution in [3.63, 3.8) is 0 Å². The maximum Gasteiger partial charge on any atom is 0.246 e. The Balaban J connectivity index is 1.41. The van der Waals surface area contributed by atoms with Gasteiger partial charge in [-0.15, -0.1) is 0 Å². The van der Waals surface area contributed by atoms with Crippen LogP contribution in [-0.4, -0.2) is 77.2 Å². The summed E-state index contributed by atoms with van der Waals surface area (Å²) in [7, 11) is 3.65. The van der Waals surface area contributed by atoms with Crippen molar-refractivity contribution in [3.8, 4) is 28.7 Å². The minimum atomic E-state index is -0.127. The number of fused-ring (bicyclic) bond motifs is 1. The molecular weight excluding hydrogens is 518 g/mol. The van der Waals surface area contributed by atoms with Crippen molar-refractivity contribution in [1.29, 1.82) is 5.26 Å². The maximum absolute atomic E-state index is 12.9. The Hall–Kier alpha value is -4.72. The molecule has 1 unspecified atom stereocenters. The molecule has 1 fully saturated rings. The summed E-state index contributed by atoms with van der Waals surface area (Å²) < 4.78 is 13.0. The van der Waals surface area contributed by atoms with Crippen LogP contribution >= 0.6 is 0 Å².